The van der Waals surface area contributed by atoms with Crippen LogP contribution in [0.4, 0.5) is 5.82 Å². The lowest BCUT2D eigenvalue weighted by Crippen LogP contribution is -2.14. The SMILES string of the molecule is Cc1c(C(N)=O)ccc(-c2cnc3c(NCc4ccccc4O)nccn23)c1C1CC1. The van der Waals surface area contributed by atoms with Crippen molar-refractivity contribution in [3.8, 4) is 17.0 Å². The number of para-hydroxylation sites is 1. The van der Waals surface area contributed by atoms with Gasteiger partial charge < -0.3 is 16.2 Å². The Morgan fingerprint density at radius 1 is 1.23 bits per heavy atom. The zero-order valence-electron chi connectivity index (χ0n) is 17.2. The van der Waals surface area contributed by atoms with E-state index in [1.807, 2.05) is 41.9 Å². The normalized spacial score (nSPS) is 13.5. The van der Waals surface area contributed by atoms with Gasteiger partial charge in [-0.2, -0.15) is 0 Å². The molecule has 1 fully saturated rings. The number of hydrogen-bond donors (Lipinski definition) is 3. The van der Waals surface area contributed by atoms with Crippen molar-refractivity contribution >= 4 is 17.4 Å². The molecule has 1 saturated carbocycles. The lowest BCUT2D eigenvalue weighted by atomic mass is 9.92. The van der Waals surface area contributed by atoms with E-state index in [4.69, 9.17) is 5.73 Å². The number of phenolic OH excluding ortho intramolecular Hbond substituents is 1. The Kier molecular flexibility index (Phi) is 4.58. The van der Waals surface area contributed by atoms with Crippen molar-refractivity contribution in [1.29, 1.82) is 0 Å². The Morgan fingerprint density at radius 3 is 2.77 bits per heavy atom. The van der Waals surface area contributed by atoms with Crippen LogP contribution in [0.5, 0.6) is 5.75 Å². The zero-order chi connectivity index (χ0) is 21.5. The zero-order valence-corrected chi connectivity index (χ0v) is 17.2. The first kappa shape index (κ1) is 19.1. The third-order valence-electron chi connectivity index (χ3n) is 5.91. The first-order valence-corrected chi connectivity index (χ1v) is 10.3. The Hall–Kier alpha value is -3.87. The van der Waals surface area contributed by atoms with Gasteiger partial charge in [-0.25, -0.2) is 9.97 Å². The molecule has 2 aromatic heterocycles. The molecule has 4 aromatic rings. The van der Waals surface area contributed by atoms with Gasteiger partial charge in [0.15, 0.2) is 11.5 Å². The molecule has 0 saturated heterocycles. The number of imidazole rings is 1. The molecule has 2 aromatic carbocycles. The van der Waals surface area contributed by atoms with Crippen molar-refractivity contribution < 1.29 is 9.90 Å². The van der Waals surface area contributed by atoms with E-state index in [0.717, 1.165) is 35.2 Å². The summed E-state index contributed by atoms with van der Waals surface area (Å²) in [5.74, 6) is 0.921. The first-order chi connectivity index (χ1) is 15.0. The summed E-state index contributed by atoms with van der Waals surface area (Å²) < 4.78 is 2.00. The fourth-order valence-electron chi connectivity index (χ4n) is 4.20. The number of nitrogens with two attached hydrogens (primary N) is 1. The van der Waals surface area contributed by atoms with Crippen LogP contribution in [0.15, 0.2) is 55.0 Å². The number of hydrogen-bond acceptors (Lipinski definition) is 5. The minimum atomic E-state index is -0.399. The molecule has 0 atom stereocenters. The number of amides is 1. The second kappa shape index (κ2) is 7.43. The highest BCUT2D eigenvalue weighted by atomic mass is 16.3. The van der Waals surface area contributed by atoms with Gasteiger partial charge in [-0.1, -0.05) is 24.3 Å². The average Bonchev–Trinajstić information content (AvgIpc) is 3.50. The molecule has 5 rings (SSSR count). The van der Waals surface area contributed by atoms with Gasteiger partial charge in [-0.15, -0.1) is 0 Å². The Balaban J connectivity index is 1.56. The van der Waals surface area contributed by atoms with Gasteiger partial charge in [-0.05, 0) is 48.9 Å². The predicted octanol–water partition coefficient (Wildman–Crippen LogP) is 4.00. The molecular formula is C24H23N5O2. The van der Waals surface area contributed by atoms with Gasteiger partial charge in [0.2, 0.25) is 5.91 Å². The van der Waals surface area contributed by atoms with E-state index < -0.39 is 5.91 Å². The summed E-state index contributed by atoms with van der Waals surface area (Å²) in [6.45, 7) is 2.41. The van der Waals surface area contributed by atoms with E-state index in [1.54, 1.807) is 24.4 Å². The number of fused-ring (bicyclic) bond motifs is 1. The largest absolute Gasteiger partial charge is 0.508 e. The van der Waals surface area contributed by atoms with Crippen LogP contribution < -0.4 is 11.1 Å². The summed E-state index contributed by atoms with van der Waals surface area (Å²) in [5, 5.41) is 13.3. The molecule has 2 heterocycles. The van der Waals surface area contributed by atoms with Gasteiger partial charge in [0.05, 0.1) is 11.9 Å². The van der Waals surface area contributed by atoms with Crippen molar-refractivity contribution in [2.24, 2.45) is 5.73 Å². The van der Waals surface area contributed by atoms with Gasteiger partial charge in [0.25, 0.3) is 0 Å². The minimum absolute atomic E-state index is 0.241. The molecule has 1 aliphatic carbocycles. The van der Waals surface area contributed by atoms with E-state index in [2.05, 4.69) is 15.3 Å². The molecule has 31 heavy (non-hydrogen) atoms. The number of nitrogens with one attached hydrogen (secondary N) is 1. The number of benzene rings is 2. The van der Waals surface area contributed by atoms with Crippen molar-refractivity contribution in [3.63, 3.8) is 0 Å². The number of carbonyl (C=O) groups excluding carboxylic acids is 1. The van der Waals surface area contributed by atoms with Crippen LogP contribution >= 0.6 is 0 Å². The van der Waals surface area contributed by atoms with Gasteiger partial charge in [0.1, 0.15) is 5.75 Å². The van der Waals surface area contributed by atoms with Crippen LogP contribution in [0.2, 0.25) is 0 Å². The molecule has 0 unspecified atom stereocenters. The standard InChI is InChI=1S/C24H23N5O2/c1-14-17(22(25)31)8-9-18(21(14)15-6-7-15)19-13-28-24-23(26-10-11-29(19)24)27-12-16-4-2-3-5-20(16)30/h2-5,8-11,13,15,30H,6-7,12H2,1H3,(H2,25,31)(H,26,27). The van der Waals surface area contributed by atoms with Gasteiger partial charge in [-0.3, -0.25) is 9.20 Å². The molecule has 0 spiro atoms. The molecule has 156 valence electrons. The Morgan fingerprint density at radius 2 is 2.03 bits per heavy atom. The second-order valence-electron chi connectivity index (χ2n) is 7.93. The Labute approximate surface area is 179 Å². The van der Waals surface area contributed by atoms with Crippen molar-refractivity contribution in [2.75, 3.05) is 5.32 Å². The topological polar surface area (TPSA) is 106 Å². The number of aromatic nitrogens is 3. The fourth-order valence-corrected chi connectivity index (χ4v) is 4.20. The minimum Gasteiger partial charge on any atom is -0.508 e. The van der Waals surface area contributed by atoms with Gasteiger partial charge >= 0.3 is 0 Å². The number of phenols is 1. The van der Waals surface area contributed by atoms with Crippen LogP contribution in [-0.2, 0) is 6.54 Å². The molecule has 0 bridgehead atoms. The summed E-state index contributed by atoms with van der Waals surface area (Å²) >= 11 is 0. The molecule has 0 radical (unpaired) electrons. The van der Waals surface area contributed by atoms with E-state index in [9.17, 15) is 9.90 Å². The summed E-state index contributed by atoms with van der Waals surface area (Å²) in [6.07, 6.45) is 7.68. The molecule has 1 amide bonds. The molecule has 0 aliphatic heterocycles. The summed E-state index contributed by atoms with van der Waals surface area (Å²) in [6, 6.07) is 11.0. The van der Waals surface area contributed by atoms with Gasteiger partial charge in [0, 0.05) is 35.6 Å². The maximum absolute atomic E-state index is 11.9. The number of rotatable bonds is 6. The number of primary amides is 1. The second-order valence-corrected chi connectivity index (χ2v) is 7.93. The highest BCUT2D eigenvalue weighted by Gasteiger charge is 2.30. The highest BCUT2D eigenvalue weighted by molar-refractivity contribution is 5.95. The average molecular weight is 413 g/mol. The van der Waals surface area contributed by atoms with E-state index in [1.165, 1.54) is 5.56 Å². The quantitative estimate of drug-likeness (QED) is 0.443. The smallest absolute Gasteiger partial charge is 0.248 e. The third-order valence-corrected chi connectivity index (χ3v) is 5.91. The van der Waals surface area contributed by atoms with Crippen LogP contribution in [0, 0.1) is 6.92 Å². The van der Waals surface area contributed by atoms with Crippen molar-refractivity contribution in [2.45, 2.75) is 32.2 Å². The van der Waals surface area contributed by atoms with Crippen LogP contribution in [-0.4, -0.2) is 25.4 Å². The van der Waals surface area contributed by atoms with E-state index in [0.29, 0.717) is 29.5 Å². The first-order valence-electron chi connectivity index (χ1n) is 10.3. The molecule has 4 N–H and O–H groups in total. The molecule has 1 aliphatic rings. The summed E-state index contributed by atoms with van der Waals surface area (Å²) in [7, 11) is 0. The van der Waals surface area contributed by atoms with Crippen LogP contribution in [0.1, 0.15) is 45.8 Å². The van der Waals surface area contributed by atoms with Crippen molar-refractivity contribution in [3.05, 3.63) is 77.2 Å². The number of nitrogens with zero attached hydrogens (tertiary/aromatic N) is 3. The molecular weight excluding hydrogens is 390 g/mol. The Bertz CT molecular complexity index is 1310. The van der Waals surface area contributed by atoms with E-state index >= 15 is 0 Å². The van der Waals surface area contributed by atoms with E-state index in [-0.39, 0.29) is 5.75 Å². The maximum Gasteiger partial charge on any atom is 0.248 e. The lowest BCUT2D eigenvalue weighted by molar-refractivity contribution is 0.0999. The number of anilines is 1. The fraction of sp³-hybridized carbons (Fsp3) is 0.208. The van der Waals surface area contributed by atoms with Crippen molar-refractivity contribution in [1.82, 2.24) is 14.4 Å². The predicted molar refractivity (Wildman–Crippen MR) is 119 cm³/mol. The van der Waals surface area contributed by atoms with Crippen LogP contribution in [0.3, 0.4) is 0 Å². The molecule has 7 nitrogen and oxygen atoms in total. The molecule has 7 heteroatoms. The van der Waals surface area contributed by atoms with Crippen LogP contribution in [0.25, 0.3) is 16.9 Å². The monoisotopic (exact) mass is 413 g/mol. The third kappa shape index (κ3) is 3.38. The highest BCUT2D eigenvalue weighted by Crippen LogP contribution is 2.46. The summed E-state index contributed by atoms with van der Waals surface area (Å²) in [5.41, 5.74) is 11.8. The lowest BCUT2D eigenvalue weighted by Gasteiger charge is -2.15. The summed E-state index contributed by atoms with van der Waals surface area (Å²) in [4.78, 5) is 20.9. The number of aromatic hydroxyl groups is 1. The maximum atomic E-state index is 11.9. The number of carbonyl (C=O) groups is 1.